The summed E-state index contributed by atoms with van der Waals surface area (Å²) in [5.74, 6) is 1.45. The summed E-state index contributed by atoms with van der Waals surface area (Å²) in [7, 11) is 1.67. The van der Waals surface area contributed by atoms with E-state index in [2.05, 4.69) is 35.9 Å². The van der Waals surface area contributed by atoms with Crippen molar-refractivity contribution in [2.75, 3.05) is 12.4 Å². The van der Waals surface area contributed by atoms with Crippen molar-refractivity contribution in [3.05, 3.63) is 42.0 Å². The zero-order chi connectivity index (χ0) is 20.9. The minimum atomic E-state index is -0.0930. The van der Waals surface area contributed by atoms with E-state index in [-0.39, 0.29) is 5.91 Å². The Bertz CT molecular complexity index is 728. The molecular formula is C26H38N2O. The minimum absolute atomic E-state index is 0.0930. The molecule has 0 bridgehead atoms. The molecule has 0 heterocycles. The van der Waals surface area contributed by atoms with Gasteiger partial charge in [-0.05, 0) is 106 Å². The molecule has 3 rings (SSSR count). The van der Waals surface area contributed by atoms with Gasteiger partial charge in [-0.1, -0.05) is 24.6 Å². The largest absolute Gasteiger partial charge is 0.321 e. The van der Waals surface area contributed by atoms with Crippen LogP contribution in [0.5, 0.6) is 0 Å². The molecule has 2 fully saturated rings. The third-order valence-corrected chi connectivity index (χ3v) is 7.36. The lowest BCUT2D eigenvalue weighted by Crippen LogP contribution is -2.31. The molecule has 1 N–H and O–H groups in total. The lowest BCUT2D eigenvalue weighted by atomic mass is 9.60. The van der Waals surface area contributed by atoms with Gasteiger partial charge in [0.05, 0.1) is 5.71 Å². The van der Waals surface area contributed by atoms with E-state index in [9.17, 15) is 4.79 Å². The van der Waals surface area contributed by atoms with Crippen molar-refractivity contribution >= 4 is 17.3 Å². The van der Waals surface area contributed by atoms with Crippen LogP contribution in [0.3, 0.4) is 0 Å². The molecule has 1 amide bonds. The molecule has 0 radical (unpaired) electrons. The molecule has 0 saturated heterocycles. The van der Waals surface area contributed by atoms with Gasteiger partial charge in [0.1, 0.15) is 0 Å². The molecule has 2 aliphatic carbocycles. The molecule has 0 atom stereocenters. The van der Waals surface area contributed by atoms with E-state index in [1.54, 1.807) is 7.05 Å². The van der Waals surface area contributed by atoms with E-state index in [4.69, 9.17) is 0 Å². The molecule has 1 aromatic rings. The van der Waals surface area contributed by atoms with E-state index in [0.717, 1.165) is 11.6 Å². The zero-order valence-electron chi connectivity index (χ0n) is 18.6. The van der Waals surface area contributed by atoms with Gasteiger partial charge in [0.2, 0.25) is 0 Å². The van der Waals surface area contributed by atoms with Crippen LogP contribution in [0.4, 0.5) is 5.69 Å². The second-order valence-electron chi connectivity index (χ2n) is 9.48. The molecule has 158 valence electrons. The molecule has 3 heteroatoms. The molecule has 29 heavy (non-hydrogen) atoms. The van der Waals surface area contributed by atoms with Crippen molar-refractivity contribution in [2.45, 2.75) is 84.0 Å². The fourth-order valence-corrected chi connectivity index (χ4v) is 5.51. The van der Waals surface area contributed by atoms with E-state index >= 15 is 0 Å². The smallest absolute Gasteiger partial charge is 0.269 e. The number of amides is 1. The second-order valence-corrected chi connectivity index (χ2v) is 9.48. The summed E-state index contributed by atoms with van der Waals surface area (Å²) in [6, 6.07) is 8.50. The lowest BCUT2D eigenvalue weighted by molar-refractivity contribution is -0.110. The second kappa shape index (κ2) is 9.73. The maximum atomic E-state index is 12.2. The van der Waals surface area contributed by atoms with Gasteiger partial charge in [0.15, 0.2) is 0 Å². The first kappa shape index (κ1) is 21.8. The van der Waals surface area contributed by atoms with E-state index in [0.29, 0.717) is 23.5 Å². The number of allylic oxidation sites excluding steroid dienone is 1. The average molecular weight is 395 g/mol. The summed E-state index contributed by atoms with van der Waals surface area (Å²) < 4.78 is 0. The number of carbonyl (C=O) groups excluding carboxylic acids is 1. The van der Waals surface area contributed by atoms with Crippen molar-refractivity contribution in [2.24, 2.45) is 16.3 Å². The number of benzene rings is 1. The summed E-state index contributed by atoms with van der Waals surface area (Å²) in [6.45, 7) is 8.23. The van der Waals surface area contributed by atoms with E-state index in [1.807, 2.05) is 19.1 Å². The van der Waals surface area contributed by atoms with Crippen molar-refractivity contribution in [3.8, 4) is 0 Å². The van der Waals surface area contributed by atoms with Crippen LogP contribution in [0.2, 0.25) is 0 Å². The number of anilines is 1. The van der Waals surface area contributed by atoms with Crippen molar-refractivity contribution in [3.63, 3.8) is 0 Å². The van der Waals surface area contributed by atoms with Crippen LogP contribution in [-0.4, -0.2) is 18.7 Å². The zero-order valence-corrected chi connectivity index (χ0v) is 18.6. The summed E-state index contributed by atoms with van der Waals surface area (Å²) in [6.07, 6.45) is 12.9. The van der Waals surface area contributed by atoms with Gasteiger partial charge in [-0.15, -0.1) is 6.58 Å². The fourth-order valence-electron chi connectivity index (χ4n) is 5.51. The molecule has 1 aromatic carbocycles. The Morgan fingerprint density at radius 1 is 1.10 bits per heavy atom. The van der Waals surface area contributed by atoms with Gasteiger partial charge in [-0.3, -0.25) is 9.79 Å². The summed E-state index contributed by atoms with van der Waals surface area (Å²) >= 11 is 0. The normalized spacial score (nSPS) is 27.6. The molecule has 2 saturated carbocycles. The van der Waals surface area contributed by atoms with Crippen LogP contribution in [0, 0.1) is 11.3 Å². The van der Waals surface area contributed by atoms with Crippen LogP contribution in [0.1, 0.15) is 89.5 Å². The highest BCUT2D eigenvalue weighted by atomic mass is 16.1. The van der Waals surface area contributed by atoms with Gasteiger partial charge in [0, 0.05) is 12.7 Å². The predicted molar refractivity (Wildman–Crippen MR) is 124 cm³/mol. The highest BCUT2D eigenvalue weighted by Gasteiger charge is 2.38. The average Bonchev–Trinajstić information content (AvgIpc) is 2.72. The van der Waals surface area contributed by atoms with Gasteiger partial charge >= 0.3 is 0 Å². The van der Waals surface area contributed by atoms with Crippen LogP contribution < -0.4 is 5.32 Å². The Morgan fingerprint density at radius 2 is 1.69 bits per heavy atom. The van der Waals surface area contributed by atoms with E-state index in [1.165, 1.54) is 68.9 Å². The number of nitrogens with one attached hydrogen (secondary N) is 1. The Labute approximate surface area is 177 Å². The minimum Gasteiger partial charge on any atom is -0.321 e. The quantitative estimate of drug-likeness (QED) is 0.413. The van der Waals surface area contributed by atoms with Crippen LogP contribution in [0.25, 0.3) is 0 Å². The topological polar surface area (TPSA) is 41.5 Å². The van der Waals surface area contributed by atoms with Crippen LogP contribution >= 0.6 is 0 Å². The number of aliphatic imine (C=N–C) groups is 1. The first-order valence-electron chi connectivity index (χ1n) is 11.5. The third-order valence-electron chi connectivity index (χ3n) is 7.36. The van der Waals surface area contributed by atoms with Gasteiger partial charge in [0.25, 0.3) is 5.91 Å². The highest BCUT2D eigenvalue weighted by molar-refractivity contribution is 6.42. The monoisotopic (exact) mass is 394 g/mol. The molecule has 0 unspecified atom stereocenters. The molecule has 1 spiro atoms. The Hall–Kier alpha value is -1.90. The standard InChI is InChI=1S/C26H38N2O/c1-5-24(27-4)25(29)28-23-8-6-21(7-9-23)22-12-16-26(17-13-22)14-10-20(11-15-26)18-19(2)3/h6-9,20,22H,2,5,10-18H2,1,3-4H3,(H,28,29). The van der Waals surface area contributed by atoms with Crippen molar-refractivity contribution in [1.82, 2.24) is 0 Å². The Kier molecular flexibility index (Phi) is 7.32. The molecule has 0 aliphatic heterocycles. The number of rotatable bonds is 6. The number of hydrogen-bond acceptors (Lipinski definition) is 2. The first-order chi connectivity index (χ1) is 13.9. The Balaban J connectivity index is 1.51. The Morgan fingerprint density at radius 3 is 2.21 bits per heavy atom. The van der Waals surface area contributed by atoms with E-state index < -0.39 is 0 Å². The number of carbonyl (C=O) groups is 1. The third kappa shape index (κ3) is 5.58. The summed E-state index contributed by atoms with van der Waals surface area (Å²) in [4.78, 5) is 16.2. The van der Waals surface area contributed by atoms with Crippen molar-refractivity contribution in [1.29, 1.82) is 0 Å². The molecule has 0 aromatic heterocycles. The van der Waals surface area contributed by atoms with Crippen LogP contribution in [-0.2, 0) is 4.79 Å². The highest BCUT2D eigenvalue weighted by Crippen LogP contribution is 2.52. The van der Waals surface area contributed by atoms with Gasteiger partial charge in [-0.2, -0.15) is 0 Å². The number of nitrogens with zero attached hydrogens (tertiary/aromatic N) is 1. The van der Waals surface area contributed by atoms with Gasteiger partial charge < -0.3 is 5.32 Å². The first-order valence-corrected chi connectivity index (χ1v) is 11.5. The summed E-state index contributed by atoms with van der Waals surface area (Å²) in [5, 5.41) is 2.96. The SMILES string of the molecule is C=C(C)CC1CCC2(CC1)CCC(c1ccc(NC(=O)C(CC)=NC)cc1)CC2. The maximum Gasteiger partial charge on any atom is 0.269 e. The maximum absolute atomic E-state index is 12.2. The lowest BCUT2D eigenvalue weighted by Gasteiger charge is -2.45. The number of hydrogen-bond donors (Lipinski definition) is 1. The van der Waals surface area contributed by atoms with Crippen LogP contribution in [0.15, 0.2) is 41.4 Å². The van der Waals surface area contributed by atoms with Gasteiger partial charge in [-0.25, -0.2) is 0 Å². The molecule has 3 nitrogen and oxygen atoms in total. The molecule has 2 aliphatic rings. The molecular weight excluding hydrogens is 356 g/mol. The fraction of sp³-hybridized carbons (Fsp3) is 0.615. The van der Waals surface area contributed by atoms with Crippen molar-refractivity contribution < 1.29 is 4.79 Å². The predicted octanol–water partition coefficient (Wildman–Crippen LogP) is 6.91. The summed E-state index contributed by atoms with van der Waals surface area (Å²) in [5.41, 5.74) is 4.84.